The Morgan fingerprint density at radius 2 is 2.00 bits per heavy atom. The van der Waals surface area contributed by atoms with Crippen LogP contribution in [0.25, 0.3) is 0 Å². The molecule has 2 heterocycles. The second-order valence-corrected chi connectivity index (χ2v) is 6.78. The fourth-order valence-electron chi connectivity index (χ4n) is 2.27. The normalized spacial score (nSPS) is 18.9. The van der Waals surface area contributed by atoms with E-state index in [-0.39, 0.29) is 11.5 Å². The zero-order chi connectivity index (χ0) is 15.8. The number of aryl methyl sites for hydroxylation is 1. The highest BCUT2D eigenvalue weighted by molar-refractivity contribution is 9.10. The summed E-state index contributed by atoms with van der Waals surface area (Å²) in [6, 6.07) is -0.534. The van der Waals surface area contributed by atoms with Crippen molar-refractivity contribution in [2.75, 3.05) is 6.54 Å². The van der Waals surface area contributed by atoms with E-state index in [1.54, 1.807) is 27.8 Å². The van der Waals surface area contributed by atoms with E-state index in [1.807, 2.05) is 0 Å². The van der Waals surface area contributed by atoms with Gasteiger partial charge in [0, 0.05) is 13.6 Å². The number of aromatic nitrogens is 3. The Bertz CT molecular complexity index is 564. The van der Waals surface area contributed by atoms with E-state index in [0.29, 0.717) is 17.6 Å². The quantitative estimate of drug-likeness (QED) is 0.757. The molecule has 116 valence electrons. The first-order chi connectivity index (χ1) is 9.69. The third-order valence-electron chi connectivity index (χ3n) is 3.09. The Balaban J connectivity index is 2.17. The molecule has 1 atom stereocenters. The van der Waals surface area contributed by atoms with Crippen molar-refractivity contribution in [3.05, 3.63) is 10.3 Å². The Labute approximate surface area is 131 Å². The molecule has 2 rings (SSSR count). The molecule has 0 bridgehead atoms. The predicted molar refractivity (Wildman–Crippen MR) is 79.0 cm³/mol. The van der Waals surface area contributed by atoms with Gasteiger partial charge in [0.25, 0.3) is 0 Å². The van der Waals surface area contributed by atoms with Gasteiger partial charge in [-0.15, -0.1) is 10.2 Å². The van der Waals surface area contributed by atoms with Crippen LogP contribution in [-0.2, 0) is 11.8 Å². The van der Waals surface area contributed by atoms with Gasteiger partial charge in [0.05, 0.1) is 0 Å². The van der Waals surface area contributed by atoms with Gasteiger partial charge in [0.1, 0.15) is 11.6 Å². The van der Waals surface area contributed by atoms with E-state index in [9.17, 15) is 9.59 Å². The van der Waals surface area contributed by atoms with Crippen LogP contribution in [0.2, 0.25) is 0 Å². The van der Waals surface area contributed by atoms with Crippen molar-refractivity contribution in [2.24, 2.45) is 7.05 Å². The van der Waals surface area contributed by atoms with Gasteiger partial charge in [0.15, 0.2) is 10.3 Å². The Kier molecular flexibility index (Phi) is 4.36. The summed E-state index contributed by atoms with van der Waals surface area (Å²) in [5.74, 6) is -0.210. The number of hydrogen-bond acceptors (Lipinski definition) is 5. The summed E-state index contributed by atoms with van der Waals surface area (Å²) < 4.78 is 5.75. The molecule has 1 amide bonds. The third-order valence-corrected chi connectivity index (χ3v) is 3.62. The average Bonchev–Trinajstić information content (AvgIpc) is 2.92. The molecule has 0 spiro atoms. The lowest BCUT2D eigenvalue weighted by Gasteiger charge is -2.27. The molecule has 0 radical (unpaired) electrons. The van der Waals surface area contributed by atoms with Crippen molar-refractivity contribution in [1.82, 2.24) is 19.9 Å². The maximum atomic E-state index is 12.6. The van der Waals surface area contributed by atoms with Crippen LogP contribution in [0.4, 0.5) is 4.79 Å². The number of rotatable bonds is 2. The van der Waals surface area contributed by atoms with Crippen LogP contribution in [0.1, 0.15) is 44.1 Å². The zero-order valence-corrected chi connectivity index (χ0v) is 14.2. The minimum atomic E-state index is -0.583. The van der Waals surface area contributed by atoms with Gasteiger partial charge in [-0.05, 0) is 49.5 Å². The van der Waals surface area contributed by atoms with Gasteiger partial charge in [-0.25, -0.2) is 4.79 Å². The van der Waals surface area contributed by atoms with Gasteiger partial charge < -0.3 is 4.74 Å². The number of likely N-dealkylation sites (tertiary alicyclic amines) is 1. The molecule has 21 heavy (non-hydrogen) atoms. The SMILES string of the molecule is Cn1nc(Br)c(C(=O)C2CCCN2C(=O)OC(C)(C)C)n1. The van der Waals surface area contributed by atoms with Crippen LogP contribution < -0.4 is 0 Å². The van der Waals surface area contributed by atoms with Gasteiger partial charge in [-0.3, -0.25) is 9.69 Å². The average molecular weight is 359 g/mol. The monoisotopic (exact) mass is 358 g/mol. The van der Waals surface area contributed by atoms with E-state index in [2.05, 4.69) is 26.1 Å². The van der Waals surface area contributed by atoms with Crippen molar-refractivity contribution in [1.29, 1.82) is 0 Å². The molecular formula is C13H19BrN4O3. The van der Waals surface area contributed by atoms with E-state index in [0.717, 1.165) is 6.42 Å². The standard InChI is InChI=1S/C13H19BrN4O3/c1-13(2,3)21-12(20)18-7-5-6-8(18)10(19)9-11(14)16-17(4)15-9/h8H,5-7H2,1-4H3. The smallest absolute Gasteiger partial charge is 0.410 e. The number of carbonyl (C=O) groups is 2. The summed E-state index contributed by atoms with van der Waals surface area (Å²) in [5, 5.41) is 8.05. The second kappa shape index (κ2) is 5.75. The lowest BCUT2D eigenvalue weighted by atomic mass is 10.1. The number of Topliss-reactive ketones (excluding diaryl/α,β-unsaturated/α-hetero) is 1. The minimum Gasteiger partial charge on any atom is -0.444 e. The van der Waals surface area contributed by atoms with Crippen molar-refractivity contribution in [2.45, 2.75) is 45.3 Å². The lowest BCUT2D eigenvalue weighted by Crippen LogP contribution is -2.43. The van der Waals surface area contributed by atoms with Crippen LogP contribution in [0, 0.1) is 0 Å². The van der Waals surface area contributed by atoms with E-state index >= 15 is 0 Å². The number of carbonyl (C=O) groups excluding carboxylic acids is 2. The number of nitrogens with zero attached hydrogens (tertiary/aromatic N) is 4. The molecule has 8 heteroatoms. The van der Waals surface area contributed by atoms with Crippen molar-refractivity contribution < 1.29 is 14.3 Å². The topological polar surface area (TPSA) is 77.3 Å². The highest BCUT2D eigenvalue weighted by Gasteiger charge is 2.38. The lowest BCUT2D eigenvalue weighted by molar-refractivity contribution is 0.0222. The van der Waals surface area contributed by atoms with Crippen LogP contribution in [0.15, 0.2) is 4.60 Å². The molecule has 0 saturated carbocycles. The number of halogens is 1. The summed E-state index contributed by atoms with van der Waals surface area (Å²) in [4.78, 5) is 27.6. The third kappa shape index (κ3) is 3.61. The van der Waals surface area contributed by atoms with E-state index in [1.165, 1.54) is 9.70 Å². The Morgan fingerprint density at radius 1 is 1.33 bits per heavy atom. The largest absolute Gasteiger partial charge is 0.444 e. The van der Waals surface area contributed by atoms with Crippen molar-refractivity contribution in [3.8, 4) is 0 Å². The first-order valence-electron chi connectivity index (χ1n) is 6.79. The molecule has 1 unspecified atom stereocenters. The first-order valence-corrected chi connectivity index (χ1v) is 7.59. The van der Waals surface area contributed by atoms with Crippen LogP contribution in [0.3, 0.4) is 0 Å². The number of ketones is 1. The van der Waals surface area contributed by atoms with Crippen molar-refractivity contribution >= 4 is 27.8 Å². The van der Waals surface area contributed by atoms with E-state index in [4.69, 9.17) is 4.74 Å². The summed E-state index contributed by atoms with van der Waals surface area (Å²) in [6.07, 6.45) is 0.924. The highest BCUT2D eigenvalue weighted by atomic mass is 79.9. The maximum Gasteiger partial charge on any atom is 0.410 e. The fourth-order valence-corrected chi connectivity index (χ4v) is 2.77. The van der Waals surface area contributed by atoms with Gasteiger partial charge in [-0.2, -0.15) is 4.80 Å². The molecule has 0 aliphatic carbocycles. The second-order valence-electron chi connectivity index (χ2n) is 6.02. The minimum absolute atomic E-state index is 0.210. The summed E-state index contributed by atoms with van der Waals surface area (Å²) >= 11 is 3.22. The van der Waals surface area contributed by atoms with E-state index < -0.39 is 17.7 Å². The zero-order valence-electron chi connectivity index (χ0n) is 12.6. The molecule has 1 aromatic rings. The maximum absolute atomic E-state index is 12.6. The molecule has 1 fully saturated rings. The number of ether oxygens (including phenoxy) is 1. The molecular weight excluding hydrogens is 340 g/mol. The highest BCUT2D eigenvalue weighted by Crippen LogP contribution is 2.25. The molecule has 1 aromatic heterocycles. The molecule has 0 N–H and O–H groups in total. The Morgan fingerprint density at radius 3 is 2.52 bits per heavy atom. The summed E-state index contributed by atoms with van der Waals surface area (Å²) in [7, 11) is 1.64. The predicted octanol–water partition coefficient (Wildman–Crippen LogP) is 2.16. The van der Waals surface area contributed by atoms with Crippen LogP contribution in [0.5, 0.6) is 0 Å². The summed E-state index contributed by atoms with van der Waals surface area (Å²) in [5.41, 5.74) is -0.335. The number of hydrogen-bond donors (Lipinski definition) is 0. The van der Waals surface area contributed by atoms with Gasteiger partial charge >= 0.3 is 6.09 Å². The molecule has 1 saturated heterocycles. The number of amides is 1. The van der Waals surface area contributed by atoms with Gasteiger partial charge in [0.2, 0.25) is 5.78 Å². The molecule has 0 aromatic carbocycles. The fraction of sp³-hybridized carbons (Fsp3) is 0.692. The molecule has 1 aliphatic rings. The van der Waals surface area contributed by atoms with Crippen LogP contribution in [-0.4, -0.2) is 50.0 Å². The van der Waals surface area contributed by atoms with Crippen LogP contribution >= 0.6 is 15.9 Å². The molecule has 1 aliphatic heterocycles. The van der Waals surface area contributed by atoms with Crippen molar-refractivity contribution in [3.63, 3.8) is 0 Å². The Hall–Kier alpha value is -1.44. The van der Waals surface area contributed by atoms with Gasteiger partial charge in [-0.1, -0.05) is 0 Å². The molecule has 7 nitrogen and oxygen atoms in total. The first kappa shape index (κ1) is 15.9. The summed E-state index contributed by atoms with van der Waals surface area (Å²) in [6.45, 7) is 5.92.